The fraction of sp³-hybridized carbons (Fsp3) is 0.292. The van der Waals surface area contributed by atoms with Crippen molar-refractivity contribution < 1.29 is 14.3 Å². The number of benzene rings is 2. The maximum Gasteiger partial charge on any atom is 0.244 e. The van der Waals surface area contributed by atoms with Crippen LogP contribution >= 0.6 is 23.1 Å². The topological polar surface area (TPSA) is 71.5 Å². The first-order valence-electron chi connectivity index (χ1n) is 10.4. The normalized spacial score (nSPS) is 15.5. The predicted molar refractivity (Wildman–Crippen MR) is 129 cm³/mol. The molecule has 8 heteroatoms. The van der Waals surface area contributed by atoms with Gasteiger partial charge < -0.3 is 15.0 Å². The van der Waals surface area contributed by atoms with Crippen molar-refractivity contribution in [2.75, 3.05) is 18.7 Å². The zero-order valence-electron chi connectivity index (χ0n) is 17.8. The average Bonchev–Trinajstić information content (AvgIpc) is 3.52. The second-order valence-electron chi connectivity index (χ2n) is 7.46. The number of hydrogen-bond donors (Lipinski definition) is 1. The SMILES string of the molecule is COc1ccc(CCC(=O)N2CSCC2C(=O)NCc2csc(-c3ccccc3)n2)cc1. The molecule has 4 rings (SSSR count). The molecule has 1 N–H and O–H groups in total. The van der Waals surface area contributed by atoms with Crippen molar-refractivity contribution in [2.24, 2.45) is 0 Å². The summed E-state index contributed by atoms with van der Waals surface area (Å²) in [5.74, 6) is 1.85. The Morgan fingerprint density at radius 1 is 1.16 bits per heavy atom. The molecule has 1 fully saturated rings. The van der Waals surface area contributed by atoms with E-state index in [2.05, 4.69) is 10.3 Å². The zero-order valence-corrected chi connectivity index (χ0v) is 19.5. The molecule has 166 valence electrons. The van der Waals surface area contributed by atoms with E-state index in [1.165, 1.54) is 0 Å². The summed E-state index contributed by atoms with van der Waals surface area (Å²) in [4.78, 5) is 31.9. The number of amides is 2. The lowest BCUT2D eigenvalue weighted by Crippen LogP contribution is -2.47. The van der Waals surface area contributed by atoms with Crippen molar-refractivity contribution in [1.82, 2.24) is 15.2 Å². The van der Waals surface area contributed by atoms with E-state index in [0.29, 0.717) is 31.0 Å². The number of nitrogens with one attached hydrogen (secondary N) is 1. The Labute approximate surface area is 196 Å². The number of ether oxygens (including phenoxy) is 1. The van der Waals surface area contributed by atoms with Gasteiger partial charge in [-0.1, -0.05) is 42.5 Å². The summed E-state index contributed by atoms with van der Waals surface area (Å²) in [6.45, 7) is 0.358. The van der Waals surface area contributed by atoms with Crippen LogP contribution in [0.5, 0.6) is 5.75 Å². The lowest BCUT2D eigenvalue weighted by atomic mass is 10.1. The fourth-order valence-corrected chi connectivity index (χ4v) is 5.50. The maximum atomic E-state index is 12.8. The Bertz CT molecular complexity index is 1050. The lowest BCUT2D eigenvalue weighted by molar-refractivity contribution is -0.138. The third-order valence-corrected chi connectivity index (χ3v) is 7.26. The lowest BCUT2D eigenvalue weighted by Gasteiger charge is -2.23. The molecule has 0 aliphatic carbocycles. The highest BCUT2D eigenvalue weighted by Gasteiger charge is 2.34. The van der Waals surface area contributed by atoms with Crippen LogP contribution in [0.15, 0.2) is 60.0 Å². The summed E-state index contributed by atoms with van der Waals surface area (Å²) in [6.07, 6.45) is 1.02. The van der Waals surface area contributed by atoms with E-state index in [4.69, 9.17) is 4.74 Å². The highest BCUT2D eigenvalue weighted by atomic mass is 32.2. The largest absolute Gasteiger partial charge is 0.497 e. The third-order valence-electron chi connectivity index (χ3n) is 5.31. The minimum absolute atomic E-state index is 0.00555. The van der Waals surface area contributed by atoms with E-state index in [-0.39, 0.29) is 11.8 Å². The van der Waals surface area contributed by atoms with Crippen molar-refractivity contribution in [3.63, 3.8) is 0 Å². The van der Waals surface area contributed by atoms with Gasteiger partial charge in [-0.15, -0.1) is 23.1 Å². The number of nitrogens with zero attached hydrogens (tertiary/aromatic N) is 2. The molecular weight excluding hydrogens is 442 g/mol. The molecule has 1 aromatic heterocycles. The van der Waals surface area contributed by atoms with Crippen LogP contribution in [0, 0.1) is 0 Å². The van der Waals surface area contributed by atoms with Gasteiger partial charge in [-0.2, -0.15) is 0 Å². The molecule has 0 radical (unpaired) electrons. The van der Waals surface area contributed by atoms with Crippen molar-refractivity contribution in [3.8, 4) is 16.3 Å². The number of aromatic nitrogens is 1. The van der Waals surface area contributed by atoms with E-state index in [1.807, 2.05) is 60.0 Å². The van der Waals surface area contributed by atoms with Gasteiger partial charge in [-0.05, 0) is 24.1 Å². The number of thiazole rings is 1. The van der Waals surface area contributed by atoms with Crippen LogP contribution in [-0.4, -0.2) is 46.5 Å². The number of hydrogen-bond acceptors (Lipinski definition) is 6. The first kappa shape index (κ1) is 22.4. The van der Waals surface area contributed by atoms with Crippen LogP contribution in [-0.2, 0) is 22.6 Å². The van der Waals surface area contributed by atoms with E-state index >= 15 is 0 Å². The van der Waals surface area contributed by atoms with Gasteiger partial charge in [-0.25, -0.2) is 4.98 Å². The average molecular weight is 468 g/mol. The van der Waals surface area contributed by atoms with Crippen molar-refractivity contribution in [1.29, 1.82) is 0 Å². The maximum absolute atomic E-state index is 12.8. The predicted octanol–water partition coefficient (Wildman–Crippen LogP) is 3.97. The monoisotopic (exact) mass is 467 g/mol. The summed E-state index contributed by atoms with van der Waals surface area (Å²) < 4.78 is 5.17. The van der Waals surface area contributed by atoms with Gasteiger partial charge >= 0.3 is 0 Å². The third kappa shape index (κ3) is 5.49. The second-order valence-corrected chi connectivity index (χ2v) is 9.31. The number of rotatable bonds is 8. The Balaban J connectivity index is 1.29. The molecular formula is C24H25N3O3S2. The molecule has 1 saturated heterocycles. The molecule has 32 heavy (non-hydrogen) atoms. The molecule has 2 heterocycles. The summed E-state index contributed by atoms with van der Waals surface area (Å²) in [5, 5.41) is 5.86. The molecule has 0 saturated carbocycles. The van der Waals surface area contributed by atoms with Crippen molar-refractivity contribution >= 4 is 34.9 Å². The molecule has 0 bridgehead atoms. The van der Waals surface area contributed by atoms with Crippen molar-refractivity contribution in [3.05, 3.63) is 71.2 Å². The quantitative estimate of drug-likeness (QED) is 0.543. The molecule has 1 atom stereocenters. The number of aryl methyl sites for hydroxylation is 1. The van der Waals surface area contributed by atoms with E-state index in [9.17, 15) is 9.59 Å². The molecule has 1 aliphatic rings. The minimum Gasteiger partial charge on any atom is -0.497 e. The van der Waals surface area contributed by atoms with Crippen molar-refractivity contribution in [2.45, 2.75) is 25.4 Å². The molecule has 3 aromatic rings. The molecule has 0 spiro atoms. The van der Waals surface area contributed by atoms with Gasteiger partial charge in [0.25, 0.3) is 0 Å². The van der Waals surface area contributed by atoms with Gasteiger partial charge in [0.15, 0.2) is 0 Å². The Kier molecular flexibility index (Phi) is 7.44. The van der Waals surface area contributed by atoms with Gasteiger partial charge in [0.2, 0.25) is 11.8 Å². The molecule has 2 amide bonds. The summed E-state index contributed by atoms with van der Waals surface area (Å²) in [5.41, 5.74) is 2.96. The van der Waals surface area contributed by atoms with Crippen LogP contribution in [0.1, 0.15) is 17.7 Å². The Morgan fingerprint density at radius 3 is 2.69 bits per heavy atom. The van der Waals surface area contributed by atoms with E-state index < -0.39 is 6.04 Å². The molecule has 2 aromatic carbocycles. The second kappa shape index (κ2) is 10.7. The zero-order chi connectivity index (χ0) is 22.3. The summed E-state index contributed by atoms with van der Waals surface area (Å²) in [6, 6.07) is 17.3. The van der Waals surface area contributed by atoms with Crippen LogP contribution < -0.4 is 10.1 Å². The van der Waals surface area contributed by atoms with Crippen LogP contribution in [0.3, 0.4) is 0 Å². The van der Waals surface area contributed by atoms with Gasteiger partial charge in [0.05, 0.1) is 25.2 Å². The minimum atomic E-state index is -0.435. The number of carbonyl (C=O) groups excluding carboxylic acids is 2. The van der Waals surface area contributed by atoms with Crippen LogP contribution in [0.25, 0.3) is 10.6 Å². The summed E-state index contributed by atoms with van der Waals surface area (Å²) >= 11 is 3.17. The van der Waals surface area contributed by atoms with E-state index in [0.717, 1.165) is 27.6 Å². The standard InChI is InChI=1S/C24H25N3O3S2/c1-30-20-10-7-17(8-11-20)9-12-22(28)27-16-31-15-21(27)23(29)25-13-19-14-32-24(26-19)18-5-3-2-4-6-18/h2-8,10-11,14,21H,9,12-13,15-16H2,1H3,(H,25,29). The highest BCUT2D eigenvalue weighted by Crippen LogP contribution is 2.25. The van der Waals surface area contributed by atoms with Gasteiger partial charge in [-0.3, -0.25) is 9.59 Å². The number of carbonyl (C=O) groups is 2. The fourth-order valence-electron chi connectivity index (χ4n) is 3.49. The van der Waals surface area contributed by atoms with Gasteiger partial charge in [0.1, 0.15) is 16.8 Å². The van der Waals surface area contributed by atoms with Crippen LogP contribution in [0.2, 0.25) is 0 Å². The van der Waals surface area contributed by atoms with Gasteiger partial charge in [0, 0.05) is 23.1 Å². The Hall–Kier alpha value is -2.84. The molecule has 6 nitrogen and oxygen atoms in total. The molecule has 1 aliphatic heterocycles. The highest BCUT2D eigenvalue weighted by molar-refractivity contribution is 7.99. The first-order chi connectivity index (χ1) is 15.6. The van der Waals surface area contributed by atoms with Crippen LogP contribution in [0.4, 0.5) is 0 Å². The number of methoxy groups -OCH3 is 1. The first-order valence-corrected chi connectivity index (χ1v) is 12.4. The smallest absolute Gasteiger partial charge is 0.244 e. The summed E-state index contributed by atoms with van der Waals surface area (Å²) in [7, 11) is 1.63. The van der Waals surface area contributed by atoms with E-state index in [1.54, 1.807) is 35.1 Å². The number of thioether (sulfide) groups is 1. The molecule has 1 unspecified atom stereocenters. The Morgan fingerprint density at radius 2 is 1.94 bits per heavy atom.